The number of rotatable bonds is 4. The van der Waals surface area contributed by atoms with E-state index in [2.05, 4.69) is 38.3 Å². The van der Waals surface area contributed by atoms with Crippen molar-refractivity contribution in [2.24, 2.45) is 7.05 Å². The smallest absolute Gasteiger partial charge is 0.171 e. The molecule has 0 aliphatic rings. The molecule has 2 aromatic heterocycles. The Hall–Kier alpha value is -1.50. The lowest BCUT2D eigenvalue weighted by Crippen LogP contribution is -2.06. The van der Waals surface area contributed by atoms with Crippen molar-refractivity contribution in [3.05, 3.63) is 27.8 Å². The Labute approximate surface area is 107 Å². The van der Waals surface area contributed by atoms with E-state index < -0.39 is 0 Å². The molecule has 2 aromatic rings. The SMILES string of the molecule is CCc1nn(C)c(Cn2cc(C=O)nn2)c1Br. The quantitative estimate of drug-likeness (QED) is 0.796. The second kappa shape index (κ2) is 4.79. The molecule has 17 heavy (non-hydrogen) atoms. The van der Waals surface area contributed by atoms with Gasteiger partial charge in [-0.3, -0.25) is 9.48 Å². The van der Waals surface area contributed by atoms with Crippen molar-refractivity contribution in [2.45, 2.75) is 19.9 Å². The Morgan fingerprint density at radius 2 is 2.29 bits per heavy atom. The Morgan fingerprint density at radius 3 is 2.82 bits per heavy atom. The van der Waals surface area contributed by atoms with Crippen LogP contribution in [0.5, 0.6) is 0 Å². The van der Waals surface area contributed by atoms with E-state index in [9.17, 15) is 4.79 Å². The lowest BCUT2D eigenvalue weighted by Gasteiger charge is -2.01. The summed E-state index contributed by atoms with van der Waals surface area (Å²) in [6.07, 6.45) is 3.16. The summed E-state index contributed by atoms with van der Waals surface area (Å²) < 4.78 is 4.42. The minimum absolute atomic E-state index is 0.332. The number of hydrogen-bond donors (Lipinski definition) is 0. The van der Waals surface area contributed by atoms with Gasteiger partial charge in [-0.25, -0.2) is 4.68 Å². The second-order valence-corrected chi connectivity index (χ2v) is 4.44. The molecule has 0 saturated carbocycles. The molecule has 0 N–H and O–H groups in total. The summed E-state index contributed by atoms with van der Waals surface area (Å²) in [6.45, 7) is 2.59. The fraction of sp³-hybridized carbons (Fsp3) is 0.400. The first kappa shape index (κ1) is 12.0. The van der Waals surface area contributed by atoms with Crippen LogP contribution in [0, 0.1) is 0 Å². The number of nitrogens with zero attached hydrogens (tertiary/aromatic N) is 5. The van der Waals surface area contributed by atoms with Crippen molar-refractivity contribution in [3.63, 3.8) is 0 Å². The highest BCUT2D eigenvalue weighted by Gasteiger charge is 2.13. The molecule has 0 radical (unpaired) electrons. The number of aldehydes is 1. The van der Waals surface area contributed by atoms with Gasteiger partial charge in [-0.05, 0) is 22.4 Å². The zero-order valence-corrected chi connectivity index (χ0v) is 11.2. The fourth-order valence-corrected chi connectivity index (χ4v) is 2.33. The number of aromatic nitrogens is 5. The molecule has 0 atom stereocenters. The highest BCUT2D eigenvalue weighted by molar-refractivity contribution is 9.10. The van der Waals surface area contributed by atoms with E-state index in [4.69, 9.17) is 0 Å². The maximum Gasteiger partial charge on any atom is 0.171 e. The van der Waals surface area contributed by atoms with E-state index in [1.807, 2.05) is 11.7 Å². The summed E-state index contributed by atoms with van der Waals surface area (Å²) in [5, 5.41) is 12.0. The molecule has 0 unspecified atom stereocenters. The van der Waals surface area contributed by atoms with Gasteiger partial charge in [0.15, 0.2) is 6.29 Å². The topological polar surface area (TPSA) is 65.6 Å². The molecule has 0 spiro atoms. The lowest BCUT2D eigenvalue weighted by molar-refractivity contribution is 0.111. The van der Waals surface area contributed by atoms with Crippen molar-refractivity contribution < 1.29 is 4.79 Å². The molecule has 90 valence electrons. The number of halogens is 1. The van der Waals surface area contributed by atoms with E-state index in [0.717, 1.165) is 22.3 Å². The van der Waals surface area contributed by atoms with Gasteiger partial charge in [-0.1, -0.05) is 12.1 Å². The van der Waals surface area contributed by atoms with Gasteiger partial charge in [0, 0.05) is 7.05 Å². The summed E-state index contributed by atoms with van der Waals surface area (Å²) in [5.74, 6) is 0. The molecular formula is C10H12BrN5O. The average Bonchev–Trinajstić information content (AvgIpc) is 2.88. The largest absolute Gasteiger partial charge is 0.296 e. The maximum atomic E-state index is 10.5. The summed E-state index contributed by atoms with van der Waals surface area (Å²) in [6, 6.07) is 0. The predicted octanol–water partition coefficient (Wildman–Crippen LogP) is 1.20. The third-order valence-electron chi connectivity index (χ3n) is 2.49. The van der Waals surface area contributed by atoms with E-state index in [1.54, 1.807) is 10.9 Å². The first-order valence-electron chi connectivity index (χ1n) is 5.21. The average molecular weight is 298 g/mol. The molecule has 0 saturated heterocycles. The molecule has 0 bridgehead atoms. The van der Waals surface area contributed by atoms with E-state index in [-0.39, 0.29) is 0 Å². The van der Waals surface area contributed by atoms with Crippen LogP contribution in [-0.4, -0.2) is 31.1 Å². The zero-order valence-electron chi connectivity index (χ0n) is 9.59. The highest BCUT2D eigenvalue weighted by Crippen LogP contribution is 2.22. The minimum atomic E-state index is 0.332. The van der Waals surface area contributed by atoms with Crippen molar-refractivity contribution in [3.8, 4) is 0 Å². The third-order valence-corrected chi connectivity index (χ3v) is 3.41. The van der Waals surface area contributed by atoms with Crippen molar-refractivity contribution in [1.82, 2.24) is 24.8 Å². The van der Waals surface area contributed by atoms with Crippen LogP contribution in [0.15, 0.2) is 10.7 Å². The number of carbonyl (C=O) groups is 1. The first-order chi connectivity index (χ1) is 8.15. The van der Waals surface area contributed by atoms with Gasteiger partial charge in [0.1, 0.15) is 5.69 Å². The number of aryl methyl sites for hydroxylation is 2. The summed E-state index contributed by atoms with van der Waals surface area (Å²) >= 11 is 3.53. The van der Waals surface area contributed by atoms with Gasteiger partial charge in [0.05, 0.1) is 28.6 Å². The van der Waals surface area contributed by atoms with E-state index >= 15 is 0 Å². The van der Waals surface area contributed by atoms with Gasteiger partial charge in [-0.2, -0.15) is 5.10 Å². The first-order valence-corrected chi connectivity index (χ1v) is 6.00. The molecule has 0 aliphatic heterocycles. The molecular weight excluding hydrogens is 286 g/mol. The molecule has 2 heterocycles. The highest BCUT2D eigenvalue weighted by atomic mass is 79.9. The van der Waals surface area contributed by atoms with Crippen LogP contribution in [-0.2, 0) is 20.0 Å². The molecule has 2 rings (SSSR count). The van der Waals surface area contributed by atoms with Crippen LogP contribution in [0.2, 0.25) is 0 Å². The van der Waals surface area contributed by atoms with Crippen molar-refractivity contribution >= 4 is 22.2 Å². The van der Waals surface area contributed by atoms with Crippen LogP contribution in [0.4, 0.5) is 0 Å². The van der Waals surface area contributed by atoms with Crippen LogP contribution >= 0.6 is 15.9 Å². The third kappa shape index (κ3) is 2.28. The second-order valence-electron chi connectivity index (χ2n) is 3.64. The maximum absolute atomic E-state index is 10.5. The van der Waals surface area contributed by atoms with Gasteiger partial charge in [-0.15, -0.1) is 5.10 Å². The lowest BCUT2D eigenvalue weighted by atomic mass is 10.3. The minimum Gasteiger partial charge on any atom is -0.296 e. The standard InChI is InChI=1S/C10H12BrN5O/c1-3-8-10(11)9(15(2)13-8)5-16-4-7(6-17)12-14-16/h4,6H,3,5H2,1-2H3. The molecule has 0 fully saturated rings. The van der Waals surface area contributed by atoms with Crippen molar-refractivity contribution in [2.75, 3.05) is 0 Å². The van der Waals surface area contributed by atoms with E-state index in [1.165, 1.54) is 0 Å². The van der Waals surface area contributed by atoms with Crippen molar-refractivity contribution in [1.29, 1.82) is 0 Å². The molecule has 0 aliphatic carbocycles. The van der Waals surface area contributed by atoms with Gasteiger partial charge in [0.2, 0.25) is 0 Å². The molecule has 0 aromatic carbocycles. The summed E-state index contributed by atoms with van der Waals surface area (Å²) in [7, 11) is 1.89. The van der Waals surface area contributed by atoms with Gasteiger partial charge >= 0.3 is 0 Å². The summed E-state index contributed by atoms with van der Waals surface area (Å²) in [4.78, 5) is 10.5. The van der Waals surface area contributed by atoms with Crippen LogP contribution in [0.3, 0.4) is 0 Å². The Kier molecular flexibility index (Phi) is 3.37. The van der Waals surface area contributed by atoms with Crippen LogP contribution < -0.4 is 0 Å². The van der Waals surface area contributed by atoms with Crippen LogP contribution in [0.1, 0.15) is 28.8 Å². The number of hydrogen-bond acceptors (Lipinski definition) is 4. The van der Waals surface area contributed by atoms with Gasteiger partial charge < -0.3 is 0 Å². The van der Waals surface area contributed by atoms with Gasteiger partial charge in [0.25, 0.3) is 0 Å². The van der Waals surface area contributed by atoms with Crippen LogP contribution in [0.25, 0.3) is 0 Å². The number of carbonyl (C=O) groups excluding carboxylic acids is 1. The molecule has 7 heteroatoms. The Balaban J connectivity index is 2.29. The zero-order chi connectivity index (χ0) is 12.4. The summed E-state index contributed by atoms with van der Waals surface area (Å²) in [5.41, 5.74) is 2.35. The normalized spacial score (nSPS) is 10.8. The Morgan fingerprint density at radius 1 is 1.53 bits per heavy atom. The molecule has 0 amide bonds. The Bertz CT molecular complexity index is 545. The molecule has 6 nitrogen and oxygen atoms in total. The fourth-order valence-electron chi connectivity index (χ4n) is 1.59. The predicted molar refractivity (Wildman–Crippen MR) is 64.8 cm³/mol. The monoisotopic (exact) mass is 297 g/mol. The van der Waals surface area contributed by atoms with E-state index in [0.29, 0.717) is 18.5 Å².